The van der Waals surface area contributed by atoms with Crippen molar-refractivity contribution in [1.82, 2.24) is 0 Å². The summed E-state index contributed by atoms with van der Waals surface area (Å²) in [7, 11) is 0. The van der Waals surface area contributed by atoms with E-state index in [1.165, 1.54) is 0 Å². The average Bonchev–Trinajstić information content (AvgIpc) is 1.66. The van der Waals surface area contributed by atoms with E-state index in [1.807, 2.05) is 6.92 Å². The van der Waals surface area contributed by atoms with Crippen LogP contribution in [0.25, 0.3) is 0 Å². The van der Waals surface area contributed by atoms with Crippen LogP contribution in [-0.2, 0) is 0 Å². The highest BCUT2D eigenvalue weighted by Gasteiger charge is 1.75. The minimum absolute atomic E-state index is 0.0709. The molecule has 0 heteroatoms. The van der Waals surface area contributed by atoms with Gasteiger partial charge in [-0.3, -0.25) is 0 Å². The van der Waals surface area contributed by atoms with Gasteiger partial charge in [-0.15, -0.1) is 0 Å². The summed E-state index contributed by atoms with van der Waals surface area (Å²) in [4.78, 5) is 0. The standard InChI is InChI=1S/C6H14/c1-3-5-6-4-2/h3-6H2,1-2H3/i1D,4D. The third kappa shape index (κ3) is 4.00. The Balaban J connectivity index is 2.72. The summed E-state index contributed by atoms with van der Waals surface area (Å²) in [6.45, 7) is 2.41. The van der Waals surface area contributed by atoms with Crippen molar-refractivity contribution in [1.29, 1.82) is 0 Å². The first-order chi connectivity index (χ1) is 3.77. The highest BCUT2D eigenvalue weighted by atomic mass is 13.8. The van der Waals surface area contributed by atoms with Gasteiger partial charge in [-0.05, 0) is 0 Å². The van der Waals surface area contributed by atoms with Gasteiger partial charge in [-0.1, -0.05) is 39.5 Å². The van der Waals surface area contributed by atoms with Crippen molar-refractivity contribution in [2.45, 2.75) is 39.5 Å². The molecule has 0 N–H and O–H groups in total. The monoisotopic (exact) mass is 88.1 g/mol. The summed E-state index contributed by atoms with van der Waals surface area (Å²) < 4.78 is 13.9. The van der Waals surface area contributed by atoms with Gasteiger partial charge in [0.1, 0.15) is 0 Å². The number of rotatable bonds is 3. The Morgan fingerprint density at radius 2 is 2.50 bits per heavy atom. The maximum Gasteiger partial charge on any atom is 0.0264 e. The van der Waals surface area contributed by atoms with Crippen LogP contribution in [0.5, 0.6) is 0 Å². The molecule has 0 aromatic rings. The molecule has 0 nitrogen and oxygen atoms in total. The Bertz CT molecular complexity index is 43.8. The van der Waals surface area contributed by atoms with E-state index >= 15 is 0 Å². The van der Waals surface area contributed by atoms with E-state index in [-0.39, 0.29) is 6.40 Å². The molecule has 0 aromatic carbocycles. The lowest BCUT2D eigenvalue weighted by molar-refractivity contribution is 0.702. The quantitative estimate of drug-likeness (QED) is 0.465. The Hall–Kier alpha value is 0. The molecule has 0 bridgehead atoms. The van der Waals surface area contributed by atoms with Gasteiger partial charge in [-0.25, -0.2) is 0 Å². The van der Waals surface area contributed by atoms with Crippen molar-refractivity contribution in [2.24, 2.45) is 0 Å². The molecule has 0 heterocycles. The van der Waals surface area contributed by atoms with E-state index < -0.39 is 0 Å². The summed E-state index contributed by atoms with van der Waals surface area (Å²) in [5, 5.41) is 0. The molecule has 0 spiro atoms. The molecular weight excluding hydrogens is 72.1 g/mol. The predicted octanol–water partition coefficient (Wildman–Crippen LogP) is 2.59. The van der Waals surface area contributed by atoms with E-state index in [2.05, 4.69) is 0 Å². The number of hydrogen-bond donors (Lipinski definition) is 0. The molecule has 0 saturated carbocycles. The van der Waals surface area contributed by atoms with Crippen LogP contribution < -0.4 is 0 Å². The normalized spacial score (nSPS) is 18.8. The summed E-state index contributed by atoms with van der Waals surface area (Å²) in [6.07, 6.45) is 3.04. The third-order valence-electron chi connectivity index (χ3n) is 0.743. The third-order valence-corrected chi connectivity index (χ3v) is 0.743. The first-order valence-corrected chi connectivity index (χ1v) is 2.49. The van der Waals surface area contributed by atoms with Crippen molar-refractivity contribution in [3.05, 3.63) is 0 Å². The van der Waals surface area contributed by atoms with Gasteiger partial charge >= 0.3 is 0 Å². The maximum atomic E-state index is 7.09. The van der Waals surface area contributed by atoms with Crippen molar-refractivity contribution in [3.8, 4) is 0 Å². The molecule has 0 fully saturated rings. The van der Waals surface area contributed by atoms with Crippen molar-refractivity contribution in [2.75, 3.05) is 0 Å². The first-order valence-electron chi connectivity index (χ1n) is 3.77. The lowest BCUT2D eigenvalue weighted by Gasteiger charge is -1.86. The zero-order valence-corrected chi connectivity index (χ0v) is 4.41. The van der Waals surface area contributed by atoms with Crippen molar-refractivity contribution in [3.63, 3.8) is 0 Å². The van der Waals surface area contributed by atoms with Crippen LogP contribution >= 0.6 is 0 Å². The second kappa shape index (κ2) is 5.00. The van der Waals surface area contributed by atoms with Crippen LogP contribution in [0.1, 0.15) is 42.2 Å². The maximum absolute atomic E-state index is 7.09. The number of unbranched alkanes of at least 4 members (excludes halogenated alkanes) is 1. The highest BCUT2D eigenvalue weighted by molar-refractivity contribution is 4.31. The van der Waals surface area contributed by atoms with Gasteiger partial charge < -0.3 is 0 Å². The second-order valence-electron chi connectivity index (χ2n) is 1.40. The van der Waals surface area contributed by atoms with Crippen LogP contribution in [-0.4, -0.2) is 0 Å². The molecule has 0 aliphatic rings. The minimum atomic E-state index is 0.0709. The molecule has 0 aromatic heterocycles. The van der Waals surface area contributed by atoms with E-state index in [0.717, 1.165) is 19.3 Å². The fourth-order valence-corrected chi connectivity index (χ4v) is 0.348. The van der Waals surface area contributed by atoms with Crippen molar-refractivity contribution < 1.29 is 2.74 Å². The van der Waals surface area contributed by atoms with Gasteiger partial charge in [0.25, 0.3) is 0 Å². The molecule has 0 rings (SSSR count). The molecule has 0 aliphatic heterocycles. The molecule has 38 valence electrons. The SMILES string of the molecule is [2H]CCCCC([2H])C. The molecule has 6 heavy (non-hydrogen) atoms. The Morgan fingerprint density at radius 3 is 3.00 bits per heavy atom. The topological polar surface area (TPSA) is 0 Å². The van der Waals surface area contributed by atoms with Gasteiger partial charge in [0.2, 0.25) is 0 Å². The van der Waals surface area contributed by atoms with E-state index in [4.69, 9.17) is 2.74 Å². The Labute approximate surface area is 43.4 Å². The van der Waals surface area contributed by atoms with Crippen LogP contribution in [0, 0.1) is 0 Å². The molecule has 1 unspecified atom stereocenters. The predicted molar refractivity (Wildman–Crippen MR) is 29.8 cm³/mol. The molecule has 0 aliphatic carbocycles. The average molecular weight is 88.2 g/mol. The van der Waals surface area contributed by atoms with Crippen LogP contribution in [0.15, 0.2) is 0 Å². The first kappa shape index (κ1) is 3.06. The lowest BCUT2D eigenvalue weighted by atomic mass is 10.2. The van der Waals surface area contributed by atoms with Gasteiger partial charge in [0.05, 0.1) is 0 Å². The zero-order chi connectivity index (χ0) is 6.41. The summed E-state index contributed by atoms with van der Waals surface area (Å²) in [5.41, 5.74) is 0. The van der Waals surface area contributed by atoms with Crippen LogP contribution in [0.3, 0.4) is 0 Å². The van der Waals surface area contributed by atoms with Gasteiger partial charge in [0.15, 0.2) is 0 Å². The van der Waals surface area contributed by atoms with Crippen LogP contribution in [0.2, 0.25) is 0 Å². The molecule has 0 saturated heterocycles. The molecule has 0 amide bonds. The van der Waals surface area contributed by atoms with E-state index in [0.29, 0.717) is 6.90 Å². The van der Waals surface area contributed by atoms with Crippen LogP contribution in [0.4, 0.5) is 0 Å². The molecule has 0 radical (unpaired) electrons. The molecule has 1 atom stereocenters. The highest BCUT2D eigenvalue weighted by Crippen LogP contribution is 1.95. The summed E-state index contributed by atoms with van der Waals surface area (Å²) in [5.74, 6) is 0. The van der Waals surface area contributed by atoms with E-state index in [9.17, 15) is 0 Å². The lowest BCUT2D eigenvalue weighted by Crippen LogP contribution is -1.66. The fraction of sp³-hybridized carbons (Fsp3) is 1.00. The molecular formula is C6H14. The Kier molecular flexibility index (Phi) is 2.55. The smallest absolute Gasteiger partial charge is 0.0264 e. The summed E-state index contributed by atoms with van der Waals surface area (Å²) >= 11 is 0. The fourth-order valence-electron chi connectivity index (χ4n) is 0.348. The van der Waals surface area contributed by atoms with Gasteiger partial charge in [-0.2, -0.15) is 0 Å². The second-order valence-corrected chi connectivity index (χ2v) is 1.40. The van der Waals surface area contributed by atoms with Gasteiger partial charge in [0, 0.05) is 2.74 Å². The minimum Gasteiger partial charge on any atom is -0.0654 e. The summed E-state index contributed by atoms with van der Waals surface area (Å²) in [6, 6.07) is 0. The number of hydrogen-bond acceptors (Lipinski definition) is 0. The van der Waals surface area contributed by atoms with Crippen molar-refractivity contribution >= 4 is 0 Å². The zero-order valence-electron chi connectivity index (χ0n) is 6.41. The Morgan fingerprint density at radius 1 is 1.67 bits per heavy atom. The van der Waals surface area contributed by atoms with E-state index in [1.54, 1.807) is 0 Å². The largest absolute Gasteiger partial charge is 0.0654 e.